The van der Waals surface area contributed by atoms with Gasteiger partial charge in [-0.3, -0.25) is 0 Å². The molecule has 1 aliphatic rings. The minimum atomic E-state index is 0.650. The summed E-state index contributed by atoms with van der Waals surface area (Å²) in [4.78, 5) is 4.64. The van der Waals surface area contributed by atoms with Gasteiger partial charge in [0.05, 0.1) is 0 Å². The summed E-state index contributed by atoms with van der Waals surface area (Å²) in [6.07, 6.45) is 2.21. The molecule has 0 atom stereocenters. The summed E-state index contributed by atoms with van der Waals surface area (Å²) < 4.78 is 0. The van der Waals surface area contributed by atoms with Crippen LogP contribution in [0.3, 0.4) is 0 Å². The molecule has 0 bridgehead atoms. The molecule has 2 heteroatoms. The Bertz CT molecular complexity index is 513. The maximum atomic E-state index is 2.35. The molecular weight excluding hydrogens is 249 g/mol. The van der Waals surface area contributed by atoms with Crippen molar-refractivity contribution in [3.8, 4) is 0 Å². The molecule has 3 rings (SSSR count). The van der Waals surface area contributed by atoms with Crippen molar-refractivity contribution >= 4 is 31.4 Å². The summed E-state index contributed by atoms with van der Waals surface area (Å²) in [6, 6.07) is 15.1. The van der Waals surface area contributed by atoms with Gasteiger partial charge < -0.3 is 0 Å². The third-order valence-electron chi connectivity index (χ3n) is 2.63. The van der Waals surface area contributed by atoms with Crippen molar-refractivity contribution in [3.05, 3.63) is 53.6 Å². The van der Waals surface area contributed by atoms with E-state index in [2.05, 4.69) is 58.5 Å². The number of nitrogens with zero attached hydrogens (tertiary/aromatic N) is 1. The second-order valence-corrected chi connectivity index (χ2v) is 5.36. The maximum absolute atomic E-state index is 2.35. The van der Waals surface area contributed by atoms with Crippen LogP contribution in [0, 0.1) is 0 Å². The van der Waals surface area contributed by atoms with Crippen LogP contribution >= 0.6 is 0 Å². The Morgan fingerprint density at radius 2 is 1.87 bits per heavy atom. The first-order chi connectivity index (χ1) is 7.45. The molecule has 0 amide bonds. The third-order valence-corrected chi connectivity index (χ3v) is 4.18. The predicted molar refractivity (Wildman–Crippen MR) is 66.2 cm³/mol. The van der Waals surface area contributed by atoms with Gasteiger partial charge in [0.2, 0.25) is 0 Å². The molecule has 1 aliphatic heterocycles. The molecule has 2 aromatic rings. The van der Waals surface area contributed by atoms with Gasteiger partial charge in [-0.1, -0.05) is 0 Å². The van der Waals surface area contributed by atoms with Crippen molar-refractivity contribution in [3.63, 3.8) is 0 Å². The number of fused-ring (bicyclic) bond motifs is 1. The fourth-order valence-electron chi connectivity index (χ4n) is 1.89. The van der Waals surface area contributed by atoms with Gasteiger partial charge in [-0.15, -0.1) is 0 Å². The number of hydrogen-bond donors (Lipinski definition) is 0. The Hall–Kier alpha value is -1.24. The number of rotatable bonds is 1. The van der Waals surface area contributed by atoms with Crippen LogP contribution in [0.5, 0.6) is 0 Å². The molecular formula is C13H11NSe. The zero-order valence-corrected chi connectivity index (χ0v) is 9.97. The first-order valence-corrected chi connectivity index (χ1v) is 7.18. The van der Waals surface area contributed by atoms with Crippen LogP contribution in [0.15, 0.2) is 53.6 Å². The van der Waals surface area contributed by atoms with Crippen molar-refractivity contribution < 1.29 is 0 Å². The first-order valence-electron chi connectivity index (χ1n) is 4.98. The van der Waals surface area contributed by atoms with E-state index in [1.807, 2.05) is 0 Å². The fraction of sp³-hybridized carbons (Fsp3) is 0.0769. The zero-order chi connectivity index (χ0) is 10.1. The van der Waals surface area contributed by atoms with Gasteiger partial charge in [-0.2, -0.15) is 0 Å². The molecule has 0 saturated heterocycles. The van der Waals surface area contributed by atoms with Crippen molar-refractivity contribution in [1.82, 2.24) is 0 Å². The standard InChI is InChI=1S/C13H11NSe/c1-2-6-12-11(4-1)5-3-7-13(12)14-8-9-15-10-14/h1-9H,10H2. The summed E-state index contributed by atoms with van der Waals surface area (Å²) in [5.74, 6) is 0. The van der Waals surface area contributed by atoms with Gasteiger partial charge in [0, 0.05) is 0 Å². The van der Waals surface area contributed by atoms with Crippen LogP contribution in [-0.4, -0.2) is 20.4 Å². The van der Waals surface area contributed by atoms with Crippen molar-refractivity contribution in [2.45, 2.75) is 0 Å². The van der Waals surface area contributed by atoms with Gasteiger partial charge in [0.25, 0.3) is 0 Å². The minimum absolute atomic E-state index is 0.650. The summed E-state index contributed by atoms with van der Waals surface area (Å²) in [5, 5.41) is 2.67. The van der Waals surface area contributed by atoms with Crippen LogP contribution in [0.2, 0.25) is 0 Å². The quantitative estimate of drug-likeness (QED) is 0.713. The van der Waals surface area contributed by atoms with Gasteiger partial charge in [-0.25, -0.2) is 0 Å². The van der Waals surface area contributed by atoms with E-state index in [9.17, 15) is 0 Å². The van der Waals surface area contributed by atoms with E-state index >= 15 is 0 Å². The average molecular weight is 260 g/mol. The van der Waals surface area contributed by atoms with Gasteiger partial charge in [0.1, 0.15) is 0 Å². The molecule has 0 radical (unpaired) electrons. The van der Waals surface area contributed by atoms with Crippen molar-refractivity contribution in [1.29, 1.82) is 0 Å². The van der Waals surface area contributed by atoms with E-state index in [1.54, 1.807) is 0 Å². The van der Waals surface area contributed by atoms with Gasteiger partial charge >= 0.3 is 95.4 Å². The van der Waals surface area contributed by atoms with Crippen LogP contribution < -0.4 is 4.90 Å². The molecule has 0 saturated carbocycles. The van der Waals surface area contributed by atoms with Crippen LogP contribution in [0.1, 0.15) is 0 Å². The topological polar surface area (TPSA) is 3.24 Å². The summed E-state index contributed by atoms with van der Waals surface area (Å²) in [7, 11) is 0. The van der Waals surface area contributed by atoms with E-state index in [0.717, 1.165) is 0 Å². The van der Waals surface area contributed by atoms with Crippen LogP contribution in [0.4, 0.5) is 5.69 Å². The summed E-state index contributed by atoms with van der Waals surface area (Å²) >= 11 is 0.650. The van der Waals surface area contributed by atoms with E-state index in [0.29, 0.717) is 15.0 Å². The Labute approximate surface area is 95.6 Å². The van der Waals surface area contributed by atoms with Crippen molar-refractivity contribution in [2.75, 3.05) is 10.3 Å². The molecule has 0 unspecified atom stereocenters. The van der Waals surface area contributed by atoms with Crippen LogP contribution in [0.25, 0.3) is 10.8 Å². The predicted octanol–water partition coefficient (Wildman–Crippen LogP) is 2.79. The molecule has 0 aliphatic carbocycles. The number of anilines is 1. The monoisotopic (exact) mass is 261 g/mol. The number of hydrogen-bond acceptors (Lipinski definition) is 1. The normalized spacial score (nSPS) is 15.1. The van der Waals surface area contributed by atoms with Gasteiger partial charge in [-0.05, 0) is 0 Å². The molecule has 2 aromatic carbocycles. The molecule has 0 aromatic heterocycles. The van der Waals surface area contributed by atoms with Crippen LogP contribution in [-0.2, 0) is 0 Å². The molecule has 74 valence electrons. The Morgan fingerprint density at radius 3 is 2.73 bits per heavy atom. The van der Waals surface area contributed by atoms with E-state index in [1.165, 1.54) is 21.9 Å². The first kappa shape index (κ1) is 9.02. The summed E-state index contributed by atoms with van der Waals surface area (Å²) in [5.41, 5.74) is 2.50. The molecule has 15 heavy (non-hydrogen) atoms. The number of benzene rings is 2. The Kier molecular flexibility index (Phi) is 2.24. The average Bonchev–Trinajstić information content (AvgIpc) is 2.82. The zero-order valence-electron chi connectivity index (χ0n) is 8.26. The van der Waals surface area contributed by atoms with E-state index in [4.69, 9.17) is 0 Å². The third kappa shape index (κ3) is 1.56. The Balaban J connectivity index is 2.21. The molecule has 1 heterocycles. The molecule has 0 spiro atoms. The van der Waals surface area contributed by atoms with Crippen molar-refractivity contribution in [2.24, 2.45) is 0 Å². The SMILES string of the molecule is C1=CN(c2cccc3ccccc23)C[Se]1. The fourth-order valence-corrected chi connectivity index (χ4v) is 3.37. The van der Waals surface area contributed by atoms with Gasteiger partial charge in [0.15, 0.2) is 0 Å². The summed E-state index contributed by atoms with van der Waals surface area (Å²) in [6.45, 7) is 0. The van der Waals surface area contributed by atoms with E-state index in [-0.39, 0.29) is 0 Å². The second kappa shape index (κ2) is 3.73. The molecule has 1 nitrogen and oxygen atoms in total. The second-order valence-electron chi connectivity index (χ2n) is 3.55. The molecule has 0 fully saturated rings. The van der Waals surface area contributed by atoms with E-state index < -0.39 is 0 Å². The Morgan fingerprint density at radius 1 is 1.00 bits per heavy atom. The molecule has 0 N–H and O–H groups in total.